The van der Waals surface area contributed by atoms with Gasteiger partial charge in [0, 0.05) is 11.6 Å². The van der Waals surface area contributed by atoms with Gasteiger partial charge in [-0.25, -0.2) is 4.39 Å². The average molecular weight is 265 g/mol. The normalized spacial score (nSPS) is 22.2. The van der Waals surface area contributed by atoms with Crippen molar-refractivity contribution in [2.75, 3.05) is 0 Å². The first-order valence-corrected chi connectivity index (χ1v) is 6.29. The predicted molar refractivity (Wildman–Crippen MR) is 67.4 cm³/mol. The molecule has 19 heavy (non-hydrogen) atoms. The van der Waals surface area contributed by atoms with Gasteiger partial charge in [-0.1, -0.05) is 12.5 Å². The van der Waals surface area contributed by atoms with Crippen molar-refractivity contribution in [3.8, 4) is 0 Å². The molecule has 1 fully saturated rings. The minimum Gasteiger partial charge on any atom is -0.481 e. The lowest BCUT2D eigenvalue weighted by Crippen LogP contribution is -2.40. The summed E-state index contributed by atoms with van der Waals surface area (Å²) in [6, 6.07) is 3.89. The van der Waals surface area contributed by atoms with Crippen LogP contribution in [0.3, 0.4) is 0 Å². The Morgan fingerprint density at radius 3 is 2.74 bits per heavy atom. The van der Waals surface area contributed by atoms with E-state index < -0.39 is 23.6 Å². The number of carbonyl (C=O) groups is 2. The molecule has 2 atom stereocenters. The maximum Gasteiger partial charge on any atom is 0.308 e. The SMILES string of the molecule is Cc1ccc(C(=O)NC2CCCC2C(=O)O)cc1F. The molecule has 2 rings (SSSR count). The van der Waals surface area contributed by atoms with Crippen molar-refractivity contribution >= 4 is 11.9 Å². The lowest BCUT2D eigenvalue weighted by atomic mass is 10.0. The zero-order valence-electron chi connectivity index (χ0n) is 10.6. The van der Waals surface area contributed by atoms with Crippen molar-refractivity contribution in [2.45, 2.75) is 32.2 Å². The van der Waals surface area contributed by atoms with Gasteiger partial charge in [-0.3, -0.25) is 9.59 Å². The number of amides is 1. The molecule has 4 nitrogen and oxygen atoms in total. The zero-order valence-corrected chi connectivity index (χ0v) is 10.6. The molecule has 0 spiro atoms. The highest BCUT2D eigenvalue weighted by Crippen LogP contribution is 2.26. The summed E-state index contributed by atoms with van der Waals surface area (Å²) >= 11 is 0. The summed E-state index contributed by atoms with van der Waals surface area (Å²) < 4.78 is 13.4. The Morgan fingerprint density at radius 2 is 2.11 bits per heavy atom. The molecule has 2 unspecified atom stereocenters. The van der Waals surface area contributed by atoms with E-state index in [1.165, 1.54) is 12.1 Å². The fourth-order valence-electron chi connectivity index (χ4n) is 2.41. The Bertz CT molecular complexity index is 515. The van der Waals surface area contributed by atoms with Gasteiger partial charge < -0.3 is 10.4 Å². The van der Waals surface area contributed by atoms with E-state index in [-0.39, 0.29) is 11.6 Å². The molecule has 0 heterocycles. The van der Waals surface area contributed by atoms with Crippen LogP contribution in [0.25, 0.3) is 0 Å². The van der Waals surface area contributed by atoms with Crippen molar-refractivity contribution in [3.05, 3.63) is 35.1 Å². The Morgan fingerprint density at radius 1 is 1.37 bits per heavy atom. The molecule has 2 N–H and O–H groups in total. The summed E-state index contributed by atoms with van der Waals surface area (Å²) in [4.78, 5) is 23.0. The van der Waals surface area contributed by atoms with Crippen LogP contribution in [0.5, 0.6) is 0 Å². The molecule has 1 aromatic carbocycles. The van der Waals surface area contributed by atoms with E-state index in [1.807, 2.05) is 0 Å². The molecule has 0 aliphatic heterocycles. The molecule has 1 aliphatic carbocycles. The van der Waals surface area contributed by atoms with Crippen molar-refractivity contribution in [2.24, 2.45) is 5.92 Å². The monoisotopic (exact) mass is 265 g/mol. The average Bonchev–Trinajstić information content (AvgIpc) is 2.80. The van der Waals surface area contributed by atoms with E-state index in [4.69, 9.17) is 5.11 Å². The van der Waals surface area contributed by atoms with Gasteiger partial charge in [0.05, 0.1) is 5.92 Å². The molecule has 102 valence electrons. The Labute approximate surface area is 110 Å². The maximum atomic E-state index is 13.4. The number of carboxylic acids is 1. The fraction of sp³-hybridized carbons (Fsp3) is 0.429. The van der Waals surface area contributed by atoms with Gasteiger partial charge in [-0.2, -0.15) is 0 Å². The van der Waals surface area contributed by atoms with Crippen LogP contribution in [0, 0.1) is 18.7 Å². The number of aliphatic carboxylic acids is 1. The van der Waals surface area contributed by atoms with Gasteiger partial charge in [-0.15, -0.1) is 0 Å². The van der Waals surface area contributed by atoms with Gasteiger partial charge in [0.2, 0.25) is 0 Å². The van der Waals surface area contributed by atoms with Crippen molar-refractivity contribution in [1.29, 1.82) is 0 Å². The number of hydrogen-bond donors (Lipinski definition) is 2. The standard InChI is InChI=1S/C14H16FNO3/c1-8-5-6-9(7-11(8)15)13(17)16-12-4-2-3-10(12)14(18)19/h5-7,10,12H,2-4H2,1H3,(H,16,17)(H,18,19). The minimum absolute atomic E-state index is 0.221. The number of hydrogen-bond acceptors (Lipinski definition) is 2. The van der Waals surface area contributed by atoms with Gasteiger partial charge in [0.15, 0.2) is 0 Å². The van der Waals surface area contributed by atoms with Gasteiger partial charge >= 0.3 is 5.97 Å². The first kappa shape index (κ1) is 13.5. The van der Waals surface area contributed by atoms with Gasteiger partial charge in [-0.05, 0) is 37.5 Å². The Kier molecular flexibility index (Phi) is 3.83. The van der Waals surface area contributed by atoms with Crippen molar-refractivity contribution in [1.82, 2.24) is 5.32 Å². The van der Waals surface area contributed by atoms with Crippen LogP contribution in [-0.4, -0.2) is 23.0 Å². The Balaban J connectivity index is 2.08. The number of carbonyl (C=O) groups excluding carboxylic acids is 1. The number of nitrogens with one attached hydrogen (secondary N) is 1. The lowest BCUT2D eigenvalue weighted by molar-refractivity contribution is -0.142. The van der Waals surface area contributed by atoms with Crippen molar-refractivity contribution < 1.29 is 19.1 Å². The third-order valence-electron chi connectivity index (χ3n) is 3.58. The molecule has 1 saturated carbocycles. The molecular weight excluding hydrogens is 249 g/mol. The van der Waals surface area contributed by atoms with Gasteiger partial charge in [0.1, 0.15) is 5.82 Å². The summed E-state index contributed by atoms with van der Waals surface area (Å²) in [7, 11) is 0. The summed E-state index contributed by atoms with van der Waals surface area (Å²) in [5, 5.41) is 11.7. The molecule has 0 radical (unpaired) electrons. The summed E-state index contributed by atoms with van der Waals surface area (Å²) in [6.45, 7) is 1.62. The molecule has 0 bridgehead atoms. The van der Waals surface area contributed by atoms with Crippen LogP contribution in [0.1, 0.15) is 35.2 Å². The fourth-order valence-corrected chi connectivity index (χ4v) is 2.41. The van der Waals surface area contributed by atoms with Crippen LogP contribution in [0.2, 0.25) is 0 Å². The lowest BCUT2D eigenvalue weighted by Gasteiger charge is -2.17. The molecule has 1 aliphatic rings. The van der Waals surface area contributed by atoms with E-state index in [0.29, 0.717) is 18.4 Å². The zero-order chi connectivity index (χ0) is 14.0. The first-order valence-electron chi connectivity index (χ1n) is 6.29. The van der Waals surface area contributed by atoms with E-state index in [9.17, 15) is 14.0 Å². The van der Waals surface area contributed by atoms with E-state index in [1.54, 1.807) is 13.0 Å². The number of rotatable bonds is 3. The summed E-state index contributed by atoms with van der Waals surface area (Å²) in [5.74, 6) is -2.29. The molecular formula is C14H16FNO3. The second kappa shape index (κ2) is 5.38. The van der Waals surface area contributed by atoms with Crippen LogP contribution in [0.4, 0.5) is 4.39 Å². The molecule has 1 aromatic rings. The number of halogens is 1. The molecule has 0 saturated heterocycles. The van der Waals surface area contributed by atoms with Gasteiger partial charge in [0.25, 0.3) is 5.91 Å². The third kappa shape index (κ3) is 2.92. The topological polar surface area (TPSA) is 66.4 Å². The smallest absolute Gasteiger partial charge is 0.308 e. The Hall–Kier alpha value is -1.91. The highest BCUT2D eigenvalue weighted by atomic mass is 19.1. The second-order valence-corrected chi connectivity index (χ2v) is 4.92. The summed E-state index contributed by atoms with van der Waals surface area (Å²) in [5.41, 5.74) is 0.694. The highest BCUT2D eigenvalue weighted by Gasteiger charge is 2.34. The molecule has 1 amide bonds. The highest BCUT2D eigenvalue weighted by molar-refractivity contribution is 5.94. The van der Waals surface area contributed by atoms with E-state index >= 15 is 0 Å². The first-order chi connectivity index (χ1) is 8.99. The van der Waals surface area contributed by atoms with Crippen molar-refractivity contribution in [3.63, 3.8) is 0 Å². The summed E-state index contributed by atoms with van der Waals surface area (Å²) in [6.07, 6.45) is 2.00. The van der Waals surface area contributed by atoms with Crippen LogP contribution < -0.4 is 5.32 Å². The second-order valence-electron chi connectivity index (χ2n) is 4.92. The van der Waals surface area contributed by atoms with E-state index in [0.717, 1.165) is 6.42 Å². The molecule has 0 aromatic heterocycles. The number of aryl methyl sites for hydroxylation is 1. The molecule has 5 heteroatoms. The number of carboxylic acid groups (broad SMARTS) is 1. The maximum absolute atomic E-state index is 13.4. The third-order valence-corrected chi connectivity index (χ3v) is 3.58. The minimum atomic E-state index is -0.891. The van der Waals surface area contributed by atoms with Crippen LogP contribution in [-0.2, 0) is 4.79 Å². The predicted octanol–water partition coefficient (Wildman–Crippen LogP) is 2.12. The van der Waals surface area contributed by atoms with Crippen LogP contribution in [0.15, 0.2) is 18.2 Å². The number of benzene rings is 1. The van der Waals surface area contributed by atoms with E-state index in [2.05, 4.69) is 5.32 Å². The van der Waals surface area contributed by atoms with Crippen LogP contribution >= 0.6 is 0 Å². The quantitative estimate of drug-likeness (QED) is 0.879. The largest absolute Gasteiger partial charge is 0.481 e.